The van der Waals surface area contributed by atoms with Gasteiger partial charge in [0.25, 0.3) is 0 Å². The molecule has 0 spiro atoms. The first-order chi connectivity index (χ1) is 9.06. The van der Waals surface area contributed by atoms with Crippen molar-refractivity contribution in [2.75, 3.05) is 7.11 Å². The van der Waals surface area contributed by atoms with E-state index in [1.54, 1.807) is 7.11 Å². The summed E-state index contributed by atoms with van der Waals surface area (Å²) in [6, 6.07) is 3.71. The van der Waals surface area contributed by atoms with Gasteiger partial charge >= 0.3 is 0 Å². The summed E-state index contributed by atoms with van der Waals surface area (Å²) >= 11 is 6.10. The molecule has 2 rings (SSSR count). The molecule has 0 aliphatic heterocycles. The average molecular weight is 281 g/mol. The zero-order chi connectivity index (χ0) is 14.0. The van der Waals surface area contributed by atoms with Gasteiger partial charge in [-0.05, 0) is 24.1 Å². The number of carbonyl (C=O) groups excluding carboxylic acids is 1. The van der Waals surface area contributed by atoms with E-state index in [0.717, 1.165) is 22.9 Å². The van der Waals surface area contributed by atoms with Crippen molar-refractivity contribution >= 4 is 28.4 Å². The molecule has 1 heterocycles. The second-order valence-electron chi connectivity index (χ2n) is 4.44. The van der Waals surface area contributed by atoms with Crippen LogP contribution in [0.3, 0.4) is 0 Å². The van der Waals surface area contributed by atoms with E-state index in [1.807, 2.05) is 25.3 Å². The van der Waals surface area contributed by atoms with E-state index < -0.39 is 0 Å². The van der Waals surface area contributed by atoms with Crippen molar-refractivity contribution in [2.24, 2.45) is 0 Å². The summed E-state index contributed by atoms with van der Waals surface area (Å²) in [5, 5.41) is 4.52. The molecule has 0 bridgehead atoms. The Labute approximate surface area is 117 Å². The lowest BCUT2D eigenvalue weighted by Crippen LogP contribution is -2.25. The number of aromatic nitrogens is 1. The number of rotatable bonds is 4. The number of halogens is 1. The SMILES string of the molecule is CCC(NC(C)=O)c1c[nH]c2cc(Cl)c(OC)cc12. The lowest BCUT2D eigenvalue weighted by molar-refractivity contribution is -0.119. The Hall–Kier alpha value is -1.68. The molecule has 2 aromatic rings. The second-order valence-corrected chi connectivity index (χ2v) is 4.84. The van der Waals surface area contributed by atoms with Gasteiger partial charge in [0, 0.05) is 24.0 Å². The van der Waals surface area contributed by atoms with Gasteiger partial charge in [-0.1, -0.05) is 18.5 Å². The summed E-state index contributed by atoms with van der Waals surface area (Å²) in [4.78, 5) is 14.4. The fourth-order valence-electron chi connectivity index (χ4n) is 2.23. The zero-order valence-electron chi connectivity index (χ0n) is 11.2. The first-order valence-corrected chi connectivity index (χ1v) is 6.56. The van der Waals surface area contributed by atoms with Crippen molar-refractivity contribution in [3.05, 3.63) is 28.9 Å². The number of carbonyl (C=O) groups is 1. The van der Waals surface area contributed by atoms with Crippen LogP contribution in [0.25, 0.3) is 10.9 Å². The van der Waals surface area contributed by atoms with Gasteiger partial charge in [0.1, 0.15) is 5.75 Å². The average Bonchev–Trinajstić information content (AvgIpc) is 2.77. The molecule has 102 valence electrons. The van der Waals surface area contributed by atoms with Gasteiger partial charge in [0.2, 0.25) is 5.91 Å². The van der Waals surface area contributed by atoms with Gasteiger partial charge in [-0.2, -0.15) is 0 Å². The third-order valence-electron chi connectivity index (χ3n) is 3.15. The summed E-state index contributed by atoms with van der Waals surface area (Å²) in [6.45, 7) is 3.56. The molecule has 1 amide bonds. The van der Waals surface area contributed by atoms with Gasteiger partial charge in [-0.15, -0.1) is 0 Å². The number of ether oxygens (including phenoxy) is 1. The minimum Gasteiger partial charge on any atom is -0.495 e. The maximum Gasteiger partial charge on any atom is 0.217 e. The Morgan fingerprint density at radius 1 is 1.53 bits per heavy atom. The molecule has 0 saturated heterocycles. The maximum absolute atomic E-state index is 11.3. The molecule has 0 aliphatic carbocycles. The van der Waals surface area contributed by atoms with Crippen LogP contribution >= 0.6 is 11.6 Å². The zero-order valence-corrected chi connectivity index (χ0v) is 12.0. The van der Waals surface area contributed by atoms with Crippen LogP contribution in [0, 0.1) is 0 Å². The van der Waals surface area contributed by atoms with Crippen molar-refractivity contribution in [1.82, 2.24) is 10.3 Å². The fourth-order valence-corrected chi connectivity index (χ4v) is 2.48. The predicted octanol–water partition coefficient (Wildman–Crippen LogP) is 3.42. The van der Waals surface area contributed by atoms with E-state index in [9.17, 15) is 4.79 Å². The first-order valence-electron chi connectivity index (χ1n) is 6.18. The van der Waals surface area contributed by atoms with E-state index >= 15 is 0 Å². The number of benzene rings is 1. The van der Waals surface area contributed by atoms with Gasteiger partial charge < -0.3 is 15.0 Å². The smallest absolute Gasteiger partial charge is 0.217 e. The van der Waals surface area contributed by atoms with E-state index in [1.165, 1.54) is 6.92 Å². The minimum atomic E-state index is -0.0397. The van der Waals surface area contributed by atoms with Crippen molar-refractivity contribution in [3.8, 4) is 5.75 Å². The van der Waals surface area contributed by atoms with Crippen molar-refractivity contribution in [1.29, 1.82) is 0 Å². The van der Waals surface area contributed by atoms with Gasteiger partial charge in [0.15, 0.2) is 0 Å². The Bertz CT molecular complexity index is 607. The van der Waals surface area contributed by atoms with E-state index in [-0.39, 0.29) is 11.9 Å². The number of amides is 1. The molecule has 1 aromatic carbocycles. The molecule has 1 unspecified atom stereocenters. The number of hydrogen-bond acceptors (Lipinski definition) is 2. The molecule has 2 N–H and O–H groups in total. The first kappa shape index (κ1) is 13.7. The van der Waals surface area contributed by atoms with Gasteiger partial charge in [-0.3, -0.25) is 4.79 Å². The fraction of sp³-hybridized carbons (Fsp3) is 0.357. The minimum absolute atomic E-state index is 0.0165. The highest BCUT2D eigenvalue weighted by molar-refractivity contribution is 6.32. The summed E-state index contributed by atoms with van der Waals surface area (Å²) in [7, 11) is 1.59. The molecular formula is C14H17ClN2O2. The standard InChI is InChI=1S/C14H17ClN2O2/c1-4-12(17-8(2)18)10-7-16-13-6-11(15)14(19-3)5-9(10)13/h5-7,12,16H,4H2,1-3H3,(H,17,18). The summed E-state index contributed by atoms with van der Waals surface area (Å²) in [6.07, 6.45) is 2.72. The predicted molar refractivity (Wildman–Crippen MR) is 76.7 cm³/mol. The molecule has 0 saturated carbocycles. The van der Waals surface area contributed by atoms with Crippen LogP contribution in [0.5, 0.6) is 5.75 Å². The number of H-pyrrole nitrogens is 1. The monoisotopic (exact) mass is 280 g/mol. The Morgan fingerprint density at radius 3 is 2.84 bits per heavy atom. The summed E-state index contributed by atoms with van der Waals surface area (Å²) < 4.78 is 5.24. The van der Waals surface area contributed by atoms with Crippen LogP contribution in [0.1, 0.15) is 31.9 Å². The normalized spacial score (nSPS) is 12.4. The van der Waals surface area contributed by atoms with E-state index in [4.69, 9.17) is 16.3 Å². The summed E-state index contributed by atoms with van der Waals surface area (Å²) in [5.41, 5.74) is 1.98. The highest BCUT2D eigenvalue weighted by Gasteiger charge is 2.16. The Kier molecular flexibility index (Phi) is 4.00. The number of methoxy groups -OCH3 is 1. The Morgan fingerprint density at radius 2 is 2.26 bits per heavy atom. The van der Waals surface area contributed by atoms with Crippen LogP contribution in [-0.4, -0.2) is 18.0 Å². The number of nitrogens with one attached hydrogen (secondary N) is 2. The number of aromatic amines is 1. The van der Waals surface area contributed by atoms with Crippen LogP contribution in [0.15, 0.2) is 18.3 Å². The highest BCUT2D eigenvalue weighted by atomic mass is 35.5. The van der Waals surface area contributed by atoms with Gasteiger partial charge in [0.05, 0.1) is 18.2 Å². The van der Waals surface area contributed by atoms with Crippen molar-refractivity contribution in [2.45, 2.75) is 26.3 Å². The highest BCUT2D eigenvalue weighted by Crippen LogP contribution is 2.34. The van der Waals surface area contributed by atoms with Gasteiger partial charge in [-0.25, -0.2) is 0 Å². The topological polar surface area (TPSA) is 54.1 Å². The van der Waals surface area contributed by atoms with Crippen molar-refractivity contribution < 1.29 is 9.53 Å². The lowest BCUT2D eigenvalue weighted by atomic mass is 10.0. The second kappa shape index (κ2) is 5.53. The molecule has 0 fully saturated rings. The Balaban J connectivity index is 2.51. The van der Waals surface area contributed by atoms with Crippen LogP contribution < -0.4 is 10.1 Å². The third-order valence-corrected chi connectivity index (χ3v) is 3.44. The molecule has 1 aromatic heterocycles. The maximum atomic E-state index is 11.3. The van der Waals surface area contributed by atoms with Crippen molar-refractivity contribution in [3.63, 3.8) is 0 Å². The molecule has 1 atom stereocenters. The molecule has 4 nitrogen and oxygen atoms in total. The van der Waals surface area contributed by atoms with E-state index in [0.29, 0.717) is 10.8 Å². The molecule has 5 heteroatoms. The number of fused-ring (bicyclic) bond motifs is 1. The molecule has 0 aliphatic rings. The quantitative estimate of drug-likeness (QED) is 0.902. The summed E-state index contributed by atoms with van der Waals surface area (Å²) in [5.74, 6) is 0.592. The lowest BCUT2D eigenvalue weighted by Gasteiger charge is -2.15. The third kappa shape index (κ3) is 2.68. The van der Waals surface area contributed by atoms with Crippen LogP contribution in [-0.2, 0) is 4.79 Å². The van der Waals surface area contributed by atoms with E-state index in [2.05, 4.69) is 10.3 Å². The molecular weight excluding hydrogens is 264 g/mol. The molecule has 19 heavy (non-hydrogen) atoms. The largest absolute Gasteiger partial charge is 0.495 e. The molecule has 0 radical (unpaired) electrons. The van der Waals surface area contributed by atoms with Crippen LogP contribution in [0.2, 0.25) is 5.02 Å². The number of hydrogen-bond donors (Lipinski definition) is 2. The van der Waals surface area contributed by atoms with Crippen LogP contribution in [0.4, 0.5) is 0 Å².